The third-order valence-electron chi connectivity index (χ3n) is 2.55. The highest BCUT2D eigenvalue weighted by atomic mass is 35.5. The Labute approximate surface area is 118 Å². The SMILES string of the molecule is CC(C)CNCCCS(=O)Cc1ccccc1Cl. The predicted octanol–water partition coefficient (Wildman–Crippen LogP) is 3.22. The highest BCUT2D eigenvalue weighted by Crippen LogP contribution is 2.16. The molecule has 0 radical (unpaired) electrons. The van der Waals surface area contributed by atoms with Gasteiger partial charge in [-0.1, -0.05) is 43.6 Å². The zero-order chi connectivity index (χ0) is 13.4. The summed E-state index contributed by atoms with van der Waals surface area (Å²) in [4.78, 5) is 0. The van der Waals surface area contributed by atoms with Crippen LogP contribution in [0.1, 0.15) is 25.8 Å². The van der Waals surface area contributed by atoms with Crippen LogP contribution in [0.2, 0.25) is 5.02 Å². The molecule has 0 aromatic heterocycles. The lowest BCUT2D eigenvalue weighted by molar-refractivity contribution is 0.550. The molecule has 102 valence electrons. The van der Waals surface area contributed by atoms with Gasteiger partial charge in [-0.05, 0) is 37.1 Å². The van der Waals surface area contributed by atoms with Crippen molar-refractivity contribution in [3.8, 4) is 0 Å². The Morgan fingerprint density at radius 2 is 2.06 bits per heavy atom. The fourth-order valence-corrected chi connectivity index (χ4v) is 3.10. The van der Waals surface area contributed by atoms with Crippen LogP contribution in [-0.4, -0.2) is 23.1 Å². The molecule has 2 nitrogen and oxygen atoms in total. The lowest BCUT2D eigenvalue weighted by Gasteiger charge is -2.07. The molecule has 1 rings (SSSR count). The molecule has 0 heterocycles. The smallest absolute Gasteiger partial charge is 0.0500 e. The summed E-state index contributed by atoms with van der Waals surface area (Å²) in [5.74, 6) is 1.96. The molecule has 0 saturated carbocycles. The molecule has 4 heteroatoms. The molecule has 1 N–H and O–H groups in total. The van der Waals surface area contributed by atoms with Gasteiger partial charge >= 0.3 is 0 Å². The van der Waals surface area contributed by atoms with Gasteiger partial charge in [0.1, 0.15) is 0 Å². The molecule has 0 fully saturated rings. The molecule has 1 atom stereocenters. The number of nitrogens with one attached hydrogen (secondary N) is 1. The van der Waals surface area contributed by atoms with Crippen LogP contribution in [0.4, 0.5) is 0 Å². The van der Waals surface area contributed by atoms with Crippen molar-refractivity contribution < 1.29 is 4.21 Å². The minimum absolute atomic E-state index is 0.559. The van der Waals surface area contributed by atoms with Gasteiger partial charge in [0.25, 0.3) is 0 Å². The third-order valence-corrected chi connectivity index (χ3v) is 4.30. The number of rotatable bonds is 8. The monoisotopic (exact) mass is 287 g/mol. The highest BCUT2D eigenvalue weighted by molar-refractivity contribution is 7.84. The maximum atomic E-state index is 11.9. The number of benzene rings is 1. The van der Waals surface area contributed by atoms with Crippen LogP contribution in [0, 0.1) is 5.92 Å². The maximum Gasteiger partial charge on any atom is 0.0500 e. The molecule has 0 bridgehead atoms. The second-order valence-electron chi connectivity index (χ2n) is 4.83. The first-order chi connectivity index (χ1) is 8.59. The van der Waals surface area contributed by atoms with Crippen LogP contribution in [0.3, 0.4) is 0 Å². The third kappa shape index (κ3) is 6.53. The second-order valence-corrected chi connectivity index (χ2v) is 6.81. The highest BCUT2D eigenvalue weighted by Gasteiger charge is 2.05. The van der Waals surface area contributed by atoms with Crippen LogP contribution in [0.15, 0.2) is 24.3 Å². The Hall–Kier alpha value is -0.380. The van der Waals surface area contributed by atoms with Gasteiger partial charge in [-0.25, -0.2) is 0 Å². The Kier molecular flexibility index (Phi) is 7.56. The quantitative estimate of drug-likeness (QED) is 0.744. The average molecular weight is 288 g/mol. The van der Waals surface area contributed by atoms with Crippen LogP contribution >= 0.6 is 11.6 Å². The minimum Gasteiger partial charge on any atom is -0.316 e. The fraction of sp³-hybridized carbons (Fsp3) is 0.571. The van der Waals surface area contributed by atoms with Gasteiger partial charge in [-0.3, -0.25) is 4.21 Å². The van der Waals surface area contributed by atoms with E-state index in [1.165, 1.54) is 0 Å². The molecule has 0 aliphatic rings. The summed E-state index contributed by atoms with van der Waals surface area (Å²) in [5.41, 5.74) is 0.979. The predicted molar refractivity (Wildman–Crippen MR) is 80.5 cm³/mol. The van der Waals surface area contributed by atoms with E-state index in [1.54, 1.807) is 0 Å². The first-order valence-corrected chi connectivity index (χ1v) is 8.25. The van der Waals surface area contributed by atoms with E-state index < -0.39 is 10.8 Å². The summed E-state index contributed by atoms with van der Waals surface area (Å²) in [6.07, 6.45) is 0.948. The van der Waals surface area contributed by atoms with Crippen molar-refractivity contribution in [2.75, 3.05) is 18.8 Å². The van der Waals surface area contributed by atoms with E-state index in [0.717, 1.165) is 30.8 Å². The molecule has 0 saturated heterocycles. The van der Waals surface area contributed by atoms with Crippen LogP contribution in [-0.2, 0) is 16.6 Å². The van der Waals surface area contributed by atoms with Crippen molar-refractivity contribution in [1.82, 2.24) is 5.32 Å². The molecule has 1 aromatic rings. The number of halogens is 1. The second kappa shape index (κ2) is 8.68. The van der Waals surface area contributed by atoms with Gasteiger partial charge in [0.15, 0.2) is 0 Å². The van der Waals surface area contributed by atoms with Crippen LogP contribution < -0.4 is 5.32 Å². The van der Waals surface area contributed by atoms with Crippen molar-refractivity contribution >= 4 is 22.4 Å². The van der Waals surface area contributed by atoms with E-state index in [-0.39, 0.29) is 0 Å². The van der Waals surface area contributed by atoms with Gasteiger partial charge in [0.2, 0.25) is 0 Å². The van der Waals surface area contributed by atoms with E-state index in [2.05, 4.69) is 19.2 Å². The van der Waals surface area contributed by atoms with Crippen molar-refractivity contribution in [2.45, 2.75) is 26.0 Å². The van der Waals surface area contributed by atoms with E-state index in [1.807, 2.05) is 24.3 Å². The molecule has 0 aliphatic carbocycles. The van der Waals surface area contributed by atoms with Crippen molar-refractivity contribution in [3.05, 3.63) is 34.9 Å². The zero-order valence-corrected chi connectivity index (χ0v) is 12.7. The van der Waals surface area contributed by atoms with Gasteiger partial charge < -0.3 is 5.32 Å². The van der Waals surface area contributed by atoms with Gasteiger partial charge in [-0.15, -0.1) is 0 Å². The minimum atomic E-state index is -0.820. The van der Waals surface area contributed by atoms with Gasteiger partial charge in [0, 0.05) is 27.3 Å². The fourth-order valence-electron chi connectivity index (χ4n) is 1.61. The van der Waals surface area contributed by atoms with Crippen LogP contribution in [0.25, 0.3) is 0 Å². The van der Waals surface area contributed by atoms with Crippen molar-refractivity contribution in [3.63, 3.8) is 0 Å². The topological polar surface area (TPSA) is 29.1 Å². The molecule has 1 unspecified atom stereocenters. The first kappa shape index (κ1) is 15.7. The standard InChI is InChI=1S/C14H22ClNOS/c1-12(2)10-16-8-5-9-18(17)11-13-6-3-4-7-14(13)15/h3-4,6-7,12,16H,5,8-11H2,1-2H3. The molecular formula is C14H22ClNOS. The van der Waals surface area contributed by atoms with Crippen molar-refractivity contribution in [1.29, 1.82) is 0 Å². The Morgan fingerprint density at radius 1 is 1.33 bits per heavy atom. The maximum absolute atomic E-state index is 11.9. The van der Waals surface area contributed by atoms with Gasteiger partial charge in [0.05, 0.1) is 0 Å². The lowest BCUT2D eigenvalue weighted by Crippen LogP contribution is -2.22. The van der Waals surface area contributed by atoms with E-state index in [0.29, 0.717) is 16.7 Å². The molecule has 0 spiro atoms. The normalized spacial score (nSPS) is 12.9. The Bertz CT molecular complexity index is 382. The summed E-state index contributed by atoms with van der Waals surface area (Å²) < 4.78 is 11.9. The number of hydrogen-bond acceptors (Lipinski definition) is 2. The van der Waals surface area contributed by atoms with E-state index >= 15 is 0 Å². The van der Waals surface area contributed by atoms with Gasteiger partial charge in [-0.2, -0.15) is 0 Å². The van der Waals surface area contributed by atoms with Crippen LogP contribution in [0.5, 0.6) is 0 Å². The zero-order valence-electron chi connectivity index (χ0n) is 11.1. The summed E-state index contributed by atoms with van der Waals surface area (Å²) in [7, 11) is -0.820. The molecule has 0 amide bonds. The van der Waals surface area contributed by atoms with E-state index in [9.17, 15) is 4.21 Å². The molecule has 18 heavy (non-hydrogen) atoms. The largest absolute Gasteiger partial charge is 0.316 e. The first-order valence-electron chi connectivity index (χ1n) is 6.38. The summed E-state index contributed by atoms with van der Waals surface area (Å²) in [6, 6.07) is 7.61. The van der Waals surface area contributed by atoms with E-state index in [4.69, 9.17) is 11.6 Å². The molecule has 0 aliphatic heterocycles. The Balaban J connectivity index is 2.20. The Morgan fingerprint density at radius 3 is 2.72 bits per heavy atom. The molecule has 1 aromatic carbocycles. The summed E-state index contributed by atoms with van der Waals surface area (Å²) in [5, 5.41) is 4.07. The average Bonchev–Trinajstić information content (AvgIpc) is 2.31. The molecular weight excluding hydrogens is 266 g/mol. The summed E-state index contributed by atoms with van der Waals surface area (Å²) in [6.45, 7) is 6.33. The summed E-state index contributed by atoms with van der Waals surface area (Å²) >= 11 is 6.04. The number of hydrogen-bond donors (Lipinski definition) is 1. The lowest BCUT2D eigenvalue weighted by atomic mass is 10.2. The van der Waals surface area contributed by atoms with Crippen molar-refractivity contribution in [2.24, 2.45) is 5.92 Å².